The molecule has 1 aliphatic carbocycles. The molecule has 0 radical (unpaired) electrons. The third-order valence-corrected chi connectivity index (χ3v) is 5.30. The Balaban J connectivity index is 1.82. The second kappa shape index (κ2) is 6.30. The number of benzene rings is 2. The molecule has 4 rings (SSSR count). The third kappa shape index (κ3) is 2.74. The lowest BCUT2D eigenvalue weighted by Gasteiger charge is -2.43. The minimum absolute atomic E-state index is 0.00548. The van der Waals surface area contributed by atoms with E-state index in [0.717, 1.165) is 30.4 Å². The summed E-state index contributed by atoms with van der Waals surface area (Å²) in [6.07, 6.45) is 3.35. The Hall–Kier alpha value is -3.13. The van der Waals surface area contributed by atoms with Gasteiger partial charge < -0.3 is 5.32 Å². The van der Waals surface area contributed by atoms with Crippen LogP contribution in [-0.2, 0) is 16.8 Å². The van der Waals surface area contributed by atoms with Crippen molar-refractivity contribution in [2.24, 2.45) is 4.99 Å². The smallest absolute Gasteiger partial charge is 0.229 e. The fourth-order valence-electron chi connectivity index (χ4n) is 4.08. The summed E-state index contributed by atoms with van der Waals surface area (Å²) in [6.45, 7) is 0. The Labute approximate surface area is 152 Å². The number of aliphatic imine (C=N–C) groups is 1. The van der Waals surface area contributed by atoms with Crippen molar-refractivity contribution in [2.45, 2.75) is 31.2 Å². The molecule has 1 heterocycles. The molecule has 5 heteroatoms. The Morgan fingerprint density at radius 3 is 2.85 bits per heavy atom. The van der Waals surface area contributed by atoms with Crippen LogP contribution in [0.15, 0.2) is 47.5 Å². The number of aryl methyl sites for hydroxylation is 1. The van der Waals surface area contributed by atoms with E-state index in [2.05, 4.69) is 39.9 Å². The normalized spacial score (nSPS) is 23.1. The number of rotatable bonds is 1. The second-order valence-electron chi connectivity index (χ2n) is 6.92. The summed E-state index contributed by atoms with van der Waals surface area (Å²) in [7, 11) is 1.68. The zero-order chi connectivity index (χ0) is 18.1. The fourth-order valence-corrected chi connectivity index (χ4v) is 4.08. The molecule has 26 heavy (non-hydrogen) atoms. The van der Waals surface area contributed by atoms with Gasteiger partial charge in [-0.1, -0.05) is 24.3 Å². The van der Waals surface area contributed by atoms with Gasteiger partial charge in [0.2, 0.25) is 5.91 Å². The van der Waals surface area contributed by atoms with Crippen LogP contribution in [0.5, 0.6) is 0 Å². The van der Waals surface area contributed by atoms with Gasteiger partial charge in [0.1, 0.15) is 0 Å². The first-order valence-corrected chi connectivity index (χ1v) is 8.82. The van der Waals surface area contributed by atoms with E-state index in [-0.39, 0.29) is 5.91 Å². The average Bonchev–Trinajstić information content (AvgIpc) is 2.67. The maximum atomic E-state index is 12.3. The van der Waals surface area contributed by atoms with Crippen LogP contribution in [0.3, 0.4) is 0 Å². The van der Waals surface area contributed by atoms with Gasteiger partial charge in [-0.15, -0.1) is 0 Å². The number of fused-ring (bicyclic) bond motifs is 2. The molecule has 2 aromatic carbocycles. The van der Waals surface area contributed by atoms with Gasteiger partial charge >= 0.3 is 0 Å². The van der Waals surface area contributed by atoms with E-state index in [1.807, 2.05) is 18.2 Å². The molecule has 1 amide bonds. The monoisotopic (exact) mass is 344 g/mol. The molecule has 1 saturated heterocycles. The van der Waals surface area contributed by atoms with Crippen molar-refractivity contribution in [3.8, 4) is 17.2 Å². The summed E-state index contributed by atoms with van der Waals surface area (Å²) in [6, 6.07) is 16.2. The zero-order valence-electron chi connectivity index (χ0n) is 14.7. The molecular weight excluding hydrogens is 324 g/mol. The van der Waals surface area contributed by atoms with Crippen LogP contribution in [0, 0.1) is 11.3 Å². The van der Waals surface area contributed by atoms with Gasteiger partial charge in [-0.25, -0.2) is 0 Å². The van der Waals surface area contributed by atoms with Gasteiger partial charge in [0, 0.05) is 7.05 Å². The topological polar surface area (TPSA) is 77.3 Å². The zero-order valence-corrected chi connectivity index (χ0v) is 14.7. The number of amides is 1. The van der Waals surface area contributed by atoms with Gasteiger partial charge in [0.15, 0.2) is 5.96 Å². The van der Waals surface area contributed by atoms with Crippen LogP contribution in [0.1, 0.15) is 36.0 Å². The van der Waals surface area contributed by atoms with Crippen LogP contribution in [0.25, 0.3) is 11.1 Å². The van der Waals surface area contributed by atoms with Crippen molar-refractivity contribution in [1.82, 2.24) is 10.6 Å². The third-order valence-electron chi connectivity index (χ3n) is 5.30. The molecule has 5 nitrogen and oxygen atoms in total. The van der Waals surface area contributed by atoms with E-state index in [4.69, 9.17) is 5.26 Å². The van der Waals surface area contributed by atoms with E-state index in [1.165, 1.54) is 11.1 Å². The fraction of sp³-hybridized carbons (Fsp3) is 0.286. The van der Waals surface area contributed by atoms with Gasteiger partial charge in [-0.2, -0.15) is 5.26 Å². The number of nitriles is 1. The molecule has 0 bridgehead atoms. The SMILES string of the molecule is CN=C1NC(=O)C[C@]2(CCCc3ccc(-c4cccc(C#N)c4)cc32)N1. The second-order valence-corrected chi connectivity index (χ2v) is 6.92. The van der Waals surface area contributed by atoms with Crippen molar-refractivity contribution in [3.05, 3.63) is 59.2 Å². The molecule has 2 aromatic rings. The predicted octanol–water partition coefficient (Wildman–Crippen LogP) is 2.85. The quantitative estimate of drug-likeness (QED) is 0.835. The number of nitrogens with zero attached hydrogens (tertiary/aromatic N) is 2. The molecule has 130 valence electrons. The first-order valence-electron chi connectivity index (χ1n) is 8.82. The lowest BCUT2D eigenvalue weighted by molar-refractivity contribution is -0.122. The Bertz CT molecular complexity index is 957. The summed E-state index contributed by atoms with van der Waals surface area (Å²) in [5.41, 5.74) is 4.74. The number of guanidine groups is 1. The molecule has 2 aliphatic rings. The number of hydrogen-bond donors (Lipinski definition) is 2. The standard InChI is InChI=1S/C21H20N4O/c1-23-20-24-19(26)12-21(25-20)9-3-6-15-7-8-17(11-18(15)21)16-5-2-4-14(10-16)13-22/h2,4-5,7-8,10-11H,3,6,9,12H2,1H3,(H2,23,24,25,26)/t21-/m0/s1. The van der Waals surface area contributed by atoms with Crippen molar-refractivity contribution < 1.29 is 4.79 Å². The predicted molar refractivity (Wildman–Crippen MR) is 100 cm³/mol. The van der Waals surface area contributed by atoms with Gasteiger partial charge in [-0.05, 0) is 59.7 Å². The van der Waals surface area contributed by atoms with Gasteiger partial charge in [0.05, 0.1) is 23.6 Å². The summed E-state index contributed by atoms with van der Waals surface area (Å²) < 4.78 is 0. The summed E-state index contributed by atoms with van der Waals surface area (Å²) in [5.74, 6) is 0.528. The molecule has 0 aromatic heterocycles. The van der Waals surface area contributed by atoms with Crippen molar-refractivity contribution in [1.29, 1.82) is 5.26 Å². The van der Waals surface area contributed by atoms with Crippen molar-refractivity contribution in [2.75, 3.05) is 7.05 Å². The van der Waals surface area contributed by atoms with E-state index in [9.17, 15) is 4.79 Å². The summed E-state index contributed by atoms with van der Waals surface area (Å²) >= 11 is 0. The molecular formula is C21H20N4O. The maximum Gasteiger partial charge on any atom is 0.229 e. The van der Waals surface area contributed by atoms with E-state index >= 15 is 0 Å². The summed E-state index contributed by atoms with van der Waals surface area (Å²) in [4.78, 5) is 16.4. The number of nitrogens with one attached hydrogen (secondary N) is 2. The highest BCUT2D eigenvalue weighted by Gasteiger charge is 2.42. The van der Waals surface area contributed by atoms with Gasteiger partial charge in [0.25, 0.3) is 0 Å². The van der Waals surface area contributed by atoms with Crippen molar-refractivity contribution >= 4 is 11.9 Å². The minimum atomic E-state index is -0.409. The lowest BCUT2D eigenvalue weighted by Crippen LogP contribution is -2.60. The maximum absolute atomic E-state index is 12.3. The molecule has 0 unspecified atom stereocenters. The number of carbonyl (C=O) groups is 1. The number of carbonyl (C=O) groups excluding carboxylic acids is 1. The van der Waals surface area contributed by atoms with E-state index < -0.39 is 5.54 Å². The molecule has 1 atom stereocenters. The largest absolute Gasteiger partial charge is 0.346 e. The average molecular weight is 344 g/mol. The van der Waals surface area contributed by atoms with Crippen molar-refractivity contribution in [3.63, 3.8) is 0 Å². The minimum Gasteiger partial charge on any atom is -0.346 e. The van der Waals surface area contributed by atoms with E-state index in [1.54, 1.807) is 13.1 Å². The first kappa shape index (κ1) is 16.3. The Morgan fingerprint density at radius 2 is 2.04 bits per heavy atom. The molecule has 1 spiro atoms. The highest BCUT2D eigenvalue weighted by molar-refractivity contribution is 6.00. The molecule has 0 saturated carbocycles. The first-order chi connectivity index (χ1) is 12.6. The van der Waals surface area contributed by atoms with Crippen LogP contribution < -0.4 is 10.6 Å². The number of hydrogen-bond acceptors (Lipinski definition) is 3. The van der Waals surface area contributed by atoms with Crippen LogP contribution in [0.4, 0.5) is 0 Å². The lowest BCUT2D eigenvalue weighted by atomic mass is 9.73. The highest BCUT2D eigenvalue weighted by atomic mass is 16.2. The van der Waals surface area contributed by atoms with E-state index in [0.29, 0.717) is 17.9 Å². The molecule has 1 aliphatic heterocycles. The van der Waals surface area contributed by atoms with Gasteiger partial charge in [-0.3, -0.25) is 15.1 Å². The highest BCUT2D eigenvalue weighted by Crippen LogP contribution is 2.41. The summed E-state index contributed by atoms with van der Waals surface area (Å²) in [5, 5.41) is 15.4. The van der Waals surface area contributed by atoms with Crippen LogP contribution in [0.2, 0.25) is 0 Å². The molecule has 2 N–H and O–H groups in total. The Kier molecular flexibility index (Phi) is 3.96. The molecule has 1 fully saturated rings. The van der Waals surface area contributed by atoms with Crippen LogP contribution >= 0.6 is 0 Å². The van der Waals surface area contributed by atoms with Crippen LogP contribution in [-0.4, -0.2) is 18.9 Å². The Morgan fingerprint density at radius 1 is 1.19 bits per heavy atom.